The molecular formula is C30H25BrN4O7S. The maximum absolute atomic E-state index is 13.8. The Hall–Kier alpha value is -4.62. The number of ether oxygens (including phenoxy) is 2. The highest BCUT2D eigenvalue weighted by Gasteiger charge is 2.33. The number of benzene rings is 3. The number of carbonyl (C=O) groups is 2. The number of hydrogen-bond donors (Lipinski definition) is 2. The Morgan fingerprint density at radius 1 is 1.16 bits per heavy atom. The van der Waals surface area contributed by atoms with E-state index in [1.54, 1.807) is 30.0 Å². The van der Waals surface area contributed by atoms with Crippen LogP contribution in [-0.4, -0.2) is 56.7 Å². The average molecular weight is 666 g/mol. The molecule has 13 heteroatoms. The summed E-state index contributed by atoms with van der Waals surface area (Å²) in [5.74, 6) is -0.776. The Kier molecular flexibility index (Phi) is 9.12. The van der Waals surface area contributed by atoms with E-state index in [0.717, 1.165) is 16.5 Å². The molecular weight excluding hydrogens is 640 g/mol. The number of hydrogen-bond acceptors (Lipinski definition) is 8. The Morgan fingerprint density at radius 2 is 1.91 bits per heavy atom. The van der Waals surface area contributed by atoms with Gasteiger partial charge in [-0.2, -0.15) is 0 Å². The Balaban J connectivity index is 1.48. The molecule has 2 heterocycles. The summed E-state index contributed by atoms with van der Waals surface area (Å²) in [5, 5.41) is 21.6. The zero-order valence-corrected chi connectivity index (χ0v) is 25.2. The summed E-state index contributed by atoms with van der Waals surface area (Å²) >= 11 is 4.69. The molecule has 2 N–H and O–H groups in total. The molecule has 0 radical (unpaired) electrons. The Morgan fingerprint density at radius 3 is 2.63 bits per heavy atom. The van der Waals surface area contributed by atoms with Gasteiger partial charge in [-0.25, -0.2) is 9.79 Å². The lowest BCUT2D eigenvalue weighted by Gasteiger charge is -2.15. The molecule has 4 aromatic rings. The second-order valence-electron chi connectivity index (χ2n) is 9.28. The molecule has 1 saturated heterocycles. The SMILES string of the molecule is CCOc1cc(/C=C2\SC(=Nc3ccc([N+](=O)[O-])cc3)N(CCc3c[nH]c4ccccc34)C2=O)c(Br)cc1OCC(=O)O. The van der Waals surface area contributed by atoms with Crippen molar-refractivity contribution in [2.75, 3.05) is 19.8 Å². The number of nitro benzene ring substituents is 1. The van der Waals surface area contributed by atoms with E-state index in [0.29, 0.717) is 51.1 Å². The number of carboxylic acids is 1. The molecule has 3 aromatic carbocycles. The smallest absolute Gasteiger partial charge is 0.341 e. The minimum absolute atomic E-state index is 0.0541. The number of nitrogens with zero attached hydrogens (tertiary/aromatic N) is 3. The molecule has 1 fully saturated rings. The Labute approximate surface area is 258 Å². The third kappa shape index (κ3) is 6.89. The number of nitrogens with one attached hydrogen (secondary N) is 1. The number of halogens is 1. The number of aromatic amines is 1. The molecule has 1 aliphatic rings. The van der Waals surface area contributed by atoms with E-state index < -0.39 is 17.5 Å². The molecule has 0 spiro atoms. The topological polar surface area (TPSA) is 147 Å². The molecule has 43 heavy (non-hydrogen) atoms. The van der Waals surface area contributed by atoms with Gasteiger partial charge in [-0.3, -0.25) is 19.8 Å². The minimum Gasteiger partial charge on any atom is -0.490 e. The van der Waals surface area contributed by atoms with Crippen LogP contribution in [0.1, 0.15) is 18.1 Å². The van der Waals surface area contributed by atoms with Gasteiger partial charge >= 0.3 is 5.97 Å². The number of nitro groups is 1. The number of aliphatic imine (C=N–C) groups is 1. The first-order valence-electron chi connectivity index (χ1n) is 13.1. The number of H-pyrrole nitrogens is 1. The minimum atomic E-state index is -1.12. The van der Waals surface area contributed by atoms with Crippen molar-refractivity contribution in [3.63, 3.8) is 0 Å². The molecule has 0 unspecified atom stereocenters. The first-order valence-corrected chi connectivity index (χ1v) is 14.7. The predicted octanol–water partition coefficient (Wildman–Crippen LogP) is 6.55. The van der Waals surface area contributed by atoms with Crippen molar-refractivity contribution in [2.24, 2.45) is 4.99 Å². The number of rotatable bonds is 11. The van der Waals surface area contributed by atoms with Crippen LogP contribution in [0.2, 0.25) is 0 Å². The Bertz CT molecular complexity index is 1770. The van der Waals surface area contributed by atoms with Gasteiger partial charge in [-0.1, -0.05) is 34.1 Å². The number of carboxylic acid groups (broad SMARTS) is 1. The second kappa shape index (κ2) is 13.1. The van der Waals surface area contributed by atoms with E-state index in [-0.39, 0.29) is 17.3 Å². The van der Waals surface area contributed by atoms with Crippen LogP contribution >= 0.6 is 27.7 Å². The number of amides is 1. The first kappa shape index (κ1) is 29.9. The highest BCUT2D eigenvalue weighted by Crippen LogP contribution is 2.39. The lowest BCUT2D eigenvalue weighted by Crippen LogP contribution is -2.31. The van der Waals surface area contributed by atoms with Gasteiger partial charge in [0.2, 0.25) is 0 Å². The predicted molar refractivity (Wildman–Crippen MR) is 168 cm³/mol. The number of carbonyl (C=O) groups excluding carboxylic acids is 1. The molecule has 1 amide bonds. The fraction of sp³-hybridized carbons (Fsp3) is 0.167. The van der Waals surface area contributed by atoms with Crippen molar-refractivity contribution in [1.82, 2.24) is 9.88 Å². The molecule has 1 aliphatic heterocycles. The molecule has 5 rings (SSSR count). The van der Waals surface area contributed by atoms with Crippen LogP contribution in [0.3, 0.4) is 0 Å². The van der Waals surface area contributed by atoms with Crippen LogP contribution in [0.25, 0.3) is 17.0 Å². The van der Waals surface area contributed by atoms with Crippen LogP contribution in [0, 0.1) is 10.1 Å². The quantitative estimate of drug-likeness (QED) is 0.104. The normalized spacial score (nSPS) is 15.0. The summed E-state index contributed by atoms with van der Waals surface area (Å²) < 4.78 is 11.6. The molecule has 11 nitrogen and oxygen atoms in total. The van der Waals surface area contributed by atoms with Crippen LogP contribution in [-0.2, 0) is 16.0 Å². The van der Waals surface area contributed by atoms with Gasteiger partial charge in [-0.15, -0.1) is 0 Å². The highest BCUT2D eigenvalue weighted by molar-refractivity contribution is 9.10. The lowest BCUT2D eigenvalue weighted by molar-refractivity contribution is -0.384. The first-order chi connectivity index (χ1) is 20.7. The third-order valence-corrected chi connectivity index (χ3v) is 8.15. The molecule has 220 valence electrons. The van der Waals surface area contributed by atoms with Crippen molar-refractivity contribution in [1.29, 1.82) is 0 Å². The van der Waals surface area contributed by atoms with Crippen molar-refractivity contribution in [3.05, 3.63) is 97.5 Å². The van der Waals surface area contributed by atoms with Gasteiger partial charge in [0.25, 0.3) is 11.6 Å². The molecule has 0 atom stereocenters. The third-order valence-electron chi connectivity index (χ3n) is 6.45. The zero-order chi connectivity index (χ0) is 30.5. The molecule has 1 aromatic heterocycles. The number of aromatic nitrogens is 1. The van der Waals surface area contributed by atoms with Gasteiger partial charge in [0.15, 0.2) is 23.3 Å². The van der Waals surface area contributed by atoms with Gasteiger partial charge < -0.3 is 19.6 Å². The number of non-ortho nitro benzene ring substituents is 1. The van der Waals surface area contributed by atoms with Gasteiger partial charge in [0, 0.05) is 40.2 Å². The summed E-state index contributed by atoms with van der Waals surface area (Å²) in [6.45, 7) is 1.94. The summed E-state index contributed by atoms with van der Waals surface area (Å²) in [6.07, 6.45) is 4.21. The highest BCUT2D eigenvalue weighted by atomic mass is 79.9. The number of para-hydroxylation sites is 1. The van der Waals surface area contributed by atoms with Crippen LogP contribution < -0.4 is 9.47 Å². The van der Waals surface area contributed by atoms with E-state index in [1.165, 1.54) is 36.0 Å². The van der Waals surface area contributed by atoms with Crippen molar-refractivity contribution in [2.45, 2.75) is 13.3 Å². The second-order valence-corrected chi connectivity index (χ2v) is 11.1. The van der Waals surface area contributed by atoms with E-state index in [9.17, 15) is 19.7 Å². The fourth-order valence-electron chi connectivity index (χ4n) is 4.44. The van der Waals surface area contributed by atoms with Crippen molar-refractivity contribution in [3.8, 4) is 11.5 Å². The summed E-state index contributed by atoms with van der Waals surface area (Å²) in [6, 6.07) is 17.0. The number of aliphatic carboxylic acids is 1. The van der Waals surface area contributed by atoms with Crippen molar-refractivity contribution >= 4 is 73.1 Å². The van der Waals surface area contributed by atoms with Gasteiger partial charge in [-0.05, 0) is 72.6 Å². The monoisotopic (exact) mass is 664 g/mol. The maximum atomic E-state index is 13.8. The number of thioether (sulfide) groups is 1. The van der Waals surface area contributed by atoms with Crippen molar-refractivity contribution < 1.29 is 29.1 Å². The fourth-order valence-corrected chi connectivity index (χ4v) is 5.89. The lowest BCUT2D eigenvalue weighted by atomic mass is 10.1. The van der Waals surface area contributed by atoms with Crippen LogP contribution in [0.5, 0.6) is 11.5 Å². The average Bonchev–Trinajstić information content (AvgIpc) is 3.53. The zero-order valence-electron chi connectivity index (χ0n) is 22.8. The van der Waals surface area contributed by atoms with E-state index in [1.807, 2.05) is 30.5 Å². The van der Waals surface area contributed by atoms with E-state index in [2.05, 4.69) is 25.9 Å². The largest absolute Gasteiger partial charge is 0.490 e. The van der Waals surface area contributed by atoms with Crippen LogP contribution in [0.15, 0.2) is 81.2 Å². The molecule has 0 bridgehead atoms. The maximum Gasteiger partial charge on any atom is 0.341 e. The van der Waals surface area contributed by atoms with Gasteiger partial charge in [0.1, 0.15) is 0 Å². The summed E-state index contributed by atoms with van der Waals surface area (Å²) in [4.78, 5) is 45.3. The van der Waals surface area contributed by atoms with E-state index in [4.69, 9.17) is 14.6 Å². The molecule has 0 aliphatic carbocycles. The van der Waals surface area contributed by atoms with E-state index >= 15 is 0 Å². The summed E-state index contributed by atoms with van der Waals surface area (Å²) in [5.41, 5.74) is 3.10. The van der Waals surface area contributed by atoms with Gasteiger partial charge in [0.05, 0.1) is 22.1 Å². The summed E-state index contributed by atoms with van der Waals surface area (Å²) in [7, 11) is 0. The van der Waals surface area contributed by atoms with Crippen LogP contribution in [0.4, 0.5) is 11.4 Å². The molecule has 0 saturated carbocycles. The number of amidine groups is 1. The standard InChI is InChI=1S/C30H25BrN4O7S/c1-2-41-25-13-19(23(31)15-26(25)42-17-28(36)37)14-27-29(38)34(12-11-18-16-32-24-6-4-3-5-22(18)24)30(43-27)33-20-7-9-21(10-8-20)35(39)40/h3-10,13-16,32H,2,11-12,17H2,1H3,(H,36,37)/b27-14-,33-30?. The number of fused-ring (bicyclic) bond motifs is 1.